The van der Waals surface area contributed by atoms with Gasteiger partial charge in [-0.2, -0.15) is 0 Å². The van der Waals surface area contributed by atoms with Gasteiger partial charge in [-0.05, 0) is 73.7 Å². The third kappa shape index (κ3) is 12.2. The highest BCUT2D eigenvalue weighted by Gasteiger charge is 2.32. The van der Waals surface area contributed by atoms with Crippen LogP contribution in [-0.4, -0.2) is 61.7 Å². The maximum Gasteiger partial charge on any atom is 0.573 e. The molecule has 0 fully saturated rings. The molecule has 6 N–H and O–H groups in total. The van der Waals surface area contributed by atoms with Gasteiger partial charge in [-0.1, -0.05) is 18.2 Å². The van der Waals surface area contributed by atoms with Crippen molar-refractivity contribution in [2.24, 2.45) is 5.14 Å². The molecule has 0 amide bonds. The maximum absolute atomic E-state index is 12.5. The number of nitrogens with one attached hydrogen (secondary N) is 1. The molecule has 0 aromatic heterocycles. The van der Waals surface area contributed by atoms with Crippen LogP contribution in [0.2, 0.25) is 0 Å². The summed E-state index contributed by atoms with van der Waals surface area (Å²) >= 11 is 0. The summed E-state index contributed by atoms with van der Waals surface area (Å²) in [6.45, 7) is 1.47. The minimum Gasteiger partial charge on any atom is -0.492 e. The van der Waals surface area contributed by atoms with Crippen LogP contribution in [0.5, 0.6) is 11.5 Å². The Bertz CT molecular complexity index is 1320. The lowest BCUT2D eigenvalue weighted by atomic mass is 10.0. The molecular weight excluding hydrogens is 573 g/mol. The Balaban J connectivity index is 0.000000642. The van der Waals surface area contributed by atoms with E-state index in [1.165, 1.54) is 18.2 Å². The van der Waals surface area contributed by atoms with Gasteiger partial charge in [0.2, 0.25) is 10.0 Å². The molecule has 0 aliphatic carbocycles. The number of halogens is 3. The van der Waals surface area contributed by atoms with Crippen LogP contribution in [0, 0.1) is 0 Å². The number of hydrogen-bond acceptors (Lipinski definition) is 8. The molecule has 0 spiro atoms. The number of para-hydroxylation sites is 1. The van der Waals surface area contributed by atoms with Crippen LogP contribution < -0.4 is 19.9 Å². The fourth-order valence-corrected chi connectivity index (χ4v) is 4.63. The number of hydrogen-bond donors (Lipinski definition) is 5. The highest BCUT2D eigenvalue weighted by Crippen LogP contribution is 2.36. The summed E-state index contributed by atoms with van der Waals surface area (Å²) in [6, 6.07) is 9.14. The van der Waals surface area contributed by atoms with E-state index in [0.29, 0.717) is 74.2 Å². The number of ether oxygens (including phenoxy) is 2. The van der Waals surface area contributed by atoms with Gasteiger partial charge in [-0.25, -0.2) is 23.1 Å². The van der Waals surface area contributed by atoms with Crippen molar-refractivity contribution in [3.8, 4) is 11.5 Å². The van der Waals surface area contributed by atoms with Crippen molar-refractivity contribution in [2.45, 2.75) is 49.5 Å². The quantitative estimate of drug-likeness (QED) is 0.168. The Morgan fingerprint density at radius 1 is 1.10 bits per heavy atom. The van der Waals surface area contributed by atoms with Crippen molar-refractivity contribution in [3.63, 3.8) is 0 Å². The first-order valence-electron chi connectivity index (χ1n) is 12.4. The van der Waals surface area contributed by atoms with Crippen LogP contribution in [0.1, 0.15) is 42.1 Å². The van der Waals surface area contributed by atoms with Crippen LogP contribution in [0.25, 0.3) is 0 Å². The second-order valence-corrected chi connectivity index (χ2v) is 10.4. The van der Waals surface area contributed by atoms with Crippen molar-refractivity contribution in [1.82, 2.24) is 5.32 Å². The number of aliphatic hydroxyl groups excluding tert-OH is 1. The number of sulfonamides is 1. The zero-order chi connectivity index (χ0) is 30.6. The van der Waals surface area contributed by atoms with Crippen molar-refractivity contribution < 1.29 is 56.0 Å². The van der Waals surface area contributed by atoms with E-state index in [-0.39, 0.29) is 16.4 Å². The number of fused-ring (bicyclic) bond motifs is 1. The number of aliphatic carboxylic acids is 2. The van der Waals surface area contributed by atoms with Crippen molar-refractivity contribution in [1.29, 1.82) is 0 Å². The van der Waals surface area contributed by atoms with Gasteiger partial charge in [0.15, 0.2) is 0 Å². The lowest BCUT2D eigenvalue weighted by molar-refractivity contribution is -0.274. The molecule has 41 heavy (non-hydrogen) atoms. The van der Waals surface area contributed by atoms with Crippen LogP contribution in [-0.2, 0) is 32.5 Å². The minimum absolute atomic E-state index is 0.108. The molecule has 1 atom stereocenters. The van der Waals surface area contributed by atoms with Gasteiger partial charge in [-0.15, -0.1) is 13.2 Å². The van der Waals surface area contributed by atoms with Gasteiger partial charge in [0, 0.05) is 18.6 Å². The second kappa shape index (κ2) is 15.4. The van der Waals surface area contributed by atoms with E-state index in [1.807, 2.05) is 0 Å². The summed E-state index contributed by atoms with van der Waals surface area (Å²) in [5, 5.41) is 34.6. The SMILES string of the molecule is NS(=O)(=O)c1cc(C(O)CCCCNCCc2ccccc2OC(F)(F)F)cc2c1OCC2.O=C(O)/C=C\C(=O)O. The average Bonchev–Trinajstić information content (AvgIpc) is 3.34. The van der Waals surface area contributed by atoms with Gasteiger partial charge >= 0.3 is 18.3 Å². The molecule has 0 saturated carbocycles. The summed E-state index contributed by atoms with van der Waals surface area (Å²) in [6.07, 6.45) is -1.71. The molecule has 11 nitrogen and oxygen atoms in total. The number of benzene rings is 2. The Kier molecular flexibility index (Phi) is 12.6. The lowest BCUT2D eigenvalue weighted by Crippen LogP contribution is -2.21. The van der Waals surface area contributed by atoms with Gasteiger partial charge in [0.25, 0.3) is 0 Å². The average molecular weight is 605 g/mol. The normalized spacial score (nSPS) is 13.6. The van der Waals surface area contributed by atoms with Gasteiger partial charge in [-0.3, -0.25) is 0 Å². The Morgan fingerprint density at radius 3 is 2.37 bits per heavy atom. The fraction of sp³-hybridized carbons (Fsp3) is 0.385. The number of alkyl halides is 3. The zero-order valence-corrected chi connectivity index (χ0v) is 22.6. The largest absolute Gasteiger partial charge is 0.573 e. The molecule has 0 bridgehead atoms. The highest BCUT2D eigenvalue weighted by atomic mass is 32.2. The highest BCUT2D eigenvalue weighted by molar-refractivity contribution is 7.89. The number of primary sulfonamides is 1. The van der Waals surface area contributed by atoms with Crippen molar-refractivity contribution in [2.75, 3.05) is 19.7 Å². The molecular formula is C26H31F3N2O9S. The monoisotopic (exact) mass is 604 g/mol. The number of carboxylic acids is 2. The number of unbranched alkanes of at least 4 members (excludes halogenated alkanes) is 1. The molecule has 1 aliphatic rings. The molecule has 3 rings (SSSR count). The Morgan fingerprint density at radius 2 is 1.76 bits per heavy atom. The van der Waals surface area contributed by atoms with E-state index in [2.05, 4.69) is 10.1 Å². The van der Waals surface area contributed by atoms with Crippen LogP contribution in [0.3, 0.4) is 0 Å². The second-order valence-electron chi connectivity index (χ2n) is 8.83. The third-order valence-electron chi connectivity index (χ3n) is 5.68. The molecule has 1 aliphatic heterocycles. The van der Waals surface area contributed by atoms with E-state index in [4.69, 9.17) is 20.1 Å². The summed E-state index contributed by atoms with van der Waals surface area (Å²) in [4.78, 5) is 19.0. The molecule has 2 aromatic carbocycles. The third-order valence-corrected chi connectivity index (χ3v) is 6.60. The molecule has 0 saturated heterocycles. The summed E-state index contributed by atoms with van der Waals surface area (Å²) in [7, 11) is -3.97. The minimum atomic E-state index is -4.73. The number of aliphatic hydroxyl groups is 1. The molecule has 1 heterocycles. The zero-order valence-electron chi connectivity index (χ0n) is 21.8. The van der Waals surface area contributed by atoms with E-state index < -0.39 is 34.4 Å². The van der Waals surface area contributed by atoms with Gasteiger partial charge in [0.1, 0.15) is 16.4 Å². The number of carbonyl (C=O) groups is 2. The molecule has 2 aromatic rings. The maximum atomic E-state index is 12.5. The number of rotatable bonds is 13. The molecule has 15 heteroatoms. The summed E-state index contributed by atoms with van der Waals surface area (Å²) < 4.78 is 70.6. The molecule has 0 radical (unpaired) electrons. The smallest absolute Gasteiger partial charge is 0.492 e. The number of nitrogens with two attached hydrogens (primary N) is 1. The Labute approximate surface area is 234 Å². The van der Waals surface area contributed by atoms with E-state index in [9.17, 15) is 36.3 Å². The van der Waals surface area contributed by atoms with E-state index >= 15 is 0 Å². The van der Waals surface area contributed by atoms with E-state index in [0.717, 1.165) is 6.42 Å². The Hall–Kier alpha value is -3.66. The summed E-state index contributed by atoms with van der Waals surface area (Å²) in [5.41, 5.74) is 1.66. The number of carboxylic acid groups (broad SMARTS) is 2. The van der Waals surface area contributed by atoms with Crippen molar-refractivity contribution in [3.05, 3.63) is 65.2 Å². The standard InChI is InChI=1S/C22H27F3N2O5S.C4H4O4/c23-22(24,25)32-19-7-2-1-5-15(19)8-11-27-10-4-3-6-18(28)17-13-16-9-12-31-21(16)20(14-17)33(26,29)30;5-3(6)1-2-4(7)8/h1-2,5,7,13-14,18,27-28H,3-4,6,8-12H2,(H2,26,29,30);1-2H,(H,5,6)(H,7,8)/b;2-1-. The first-order chi connectivity index (χ1) is 19.2. The molecule has 226 valence electrons. The van der Waals surface area contributed by atoms with Gasteiger partial charge in [0.05, 0.1) is 12.7 Å². The van der Waals surface area contributed by atoms with Crippen LogP contribution in [0.4, 0.5) is 13.2 Å². The fourth-order valence-electron chi connectivity index (χ4n) is 3.88. The predicted molar refractivity (Wildman–Crippen MR) is 140 cm³/mol. The van der Waals surface area contributed by atoms with Crippen LogP contribution in [0.15, 0.2) is 53.4 Å². The van der Waals surface area contributed by atoms with Crippen molar-refractivity contribution >= 4 is 22.0 Å². The first-order valence-corrected chi connectivity index (χ1v) is 13.9. The summed E-state index contributed by atoms with van der Waals surface area (Å²) in [5.74, 6) is -2.45. The predicted octanol–water partition coefficient (Wildman–Crippen LogP) is 2.92. The molecule has 1 unspecified atom stereocenters. The van der Waals surface area contributed by atoms with E-state index in [1.54, 1.807) is 18.2 Å². The topological polar surface area (TPSA) is 185 Å². The van der Waals surface area contributed by atoms with Gasteiger partial charge < -0.3 is 30.1 Å². The first kappa shape index (κ1) is 33.5. The lowest BCUT2D eigenvalue weighted by Gasteiger charge is -2.15. The van der Waals surface area contributed by atoms with Crippen LogP contribution >= 0.6 is 0 Å².